The molecule has 1 aliphatic rings. The first-order valence-electron chi connectivity index (χ1n) is 6.10. The van der Waals surface area contributed by atoms with Gasteiger partial charge in [0.2, 0.25) is 5.91 Å². The van der Waals surface area contributed by atoms with Crippen molar-refractivity contribution in [3.8, 4) is 0 Å². The molecule has 6 heteroatoms. The van der Waals surface area contributed by atoms with Gasteiger partial charge in [0.1, 0.15) is 0 Å². The number of nitrogens with one attached hydrogen (secondary N) is 3. The summed E-state index contributed by atoms with van der Waals surface area (Å²) in [4.78, 5) is 25.1. The average Bonchev–Trinajstić information content (AvgIpc) is 2.28. The van der Waals surface area contributed by atoms with Crippen molar-refractivity contribution in [1.29, 1.82) is 0 Å². The fourth-order valence-electron chi connectivity index (χ4n) is 1.90. The van der Waals surface area contributed by atoms with Crippen molar-refractivity contribution in [1.82, 2.24) is 20.9 Å². The van der Waals surface area contributed by atoms with E-state index in [0.29, 0.717) is 12.6 Å². The fraction of sp³-hybridized carbons (Fsp3) is 0.818. The van der Waals surface area contributed by atoms with E-state index in [9.17, 15) is 9.59 Å². The molecule has 2 unspecified atom stereocenters. The summed E-state index contributed by atoms with van der Waals surface area (Å²) in [6.07, 6.45) is 0. The van der Waals surface area contributed by atoms with Gasteiger partial charge in [0.25, 0.3) is 0 Å². The van der Waals surface area contributed by atoms with Gasteiger partial charge in [-0.2, -0.15) is 0 Å². The summed E-state index contributed by atoms with van der Waals surface area (Å²) < 4.78 is 0. The first-order chi connectivity index (χ1) is 8.04. The van der Waals surface area contributed by atoms with Gasteiger partial charge in [0, 0.05) is 32.2 Å². The van der Waals surface area contributed by atoms with Crippen molar-refractivity contribution >= 4 is 11.9 Å². The maximum absolute atomic E-state index is 11.8. The molecule has 1 saturated heterocycles. The molecule has 1 fully saturated rings. The van der Waals surface area contributed by atoms with Crippen LogP contribution in [0.1, 0.15) is 20.8 Å². The molecule has 3 N–H and O–H groups in total. The minimum Gasteiger partial charge on any atom is -0.338 e. The van der Waals surface area contributed by atoms with Crippen LogP contribution in [0.4, 0.5) is 4.79 Å². The molecule has 1 aliphatic heterocycles. The summed E-state index contributed by atoms with van der Waals surface area (Å²) in [5.41, 5.74) is 0. The Labute approximate surface area is 102 Å². The Hall–Kier alpha value is -1.14. The highest BCUT2D eigenvalue weighted by Crippen LogP contribution is 2.04. The molecule has 0 radical (unpaired) electrons. The number of hydrogen-bond acceptors (Lipinski definition) is 4. The fourth-order valence-corrected chi connectivity index (χ4v) is 1.90. The zero-order valence-corrected chi connectivity index (χ0v) is 10.7. The van der Waals surface area contributed by atoms with Crippen LogP contribution in [0.15, 0.2) is 0 Å². The van der Waals surface area contributed by atoms with Gasteiger partial charge in [-0.1, -0.05) is 0 Å². The van der Waals surface area contributed by atoms with Crippen LogP contribution in [0, 0.1) is 0 Å². The second-order valence-electron chi connectivity index (χ2n) is 4.37. The summed E-state index contributed by atoms with van der Waals surface area (Å²) in [6.45, 7) is 8.76. The summed E-state index contributed by atoms with van der Waals surface area (Å²) >= 11 is 0. The maximum atomic E-state index is 11.8. The molecular formula is C11H22N4O2. The van der Waals surface area contributed by atoms with Gasteiger partial charge in [0.15, 0.2) is 0 Å². The zero-order chi connectivity index (χ0) is 12.8. The molecule has 0 bridgehead atoms. The normalized spacial score (nSPS) is 22.9. The minimum absolute atomic E-state index is 0.245. The van der Waals surface area contributed by atoms with Gasteiger partial charge in [-0.15, -0.1) is 0 Å². The van der Waals surface area contributed by atoms with Crippen LogP contribution in [0.3, 0.4) is 0 Å². The molecule has 0 aromatic heterocycles. The van der Waals surface area contributed by atoms with Gasteiger partial charge in [0.05, 0.1) is 6.04 Å². The van der Waals surface area contributed by atoms with E-state index in [1.54, 1.807) is 0 Å². The second-order valence-corrected chi connectivity index (χ2v) is 4.37. The second kappa shape index (κ2) is 6.56. The Kier molecular flexibility index (Phi) is 5.37. The lowest BCUT2D eigenvalue weighted by Crippen LogP contribution is -2.57. The Bertz CT molecular complexity index is 283. The lowest BCUT2D eigenvalue weighted by molar-refractivity contribution is -0.125. The zero-order valence-electron chi connectivity index (χ0n) is 10.7. The molecule has 2 atom stereocenters. The van der Waals surface area contributed by atoms with Crippen molar-refractivity contribution in [3.63, 3.8) is 0 Å². The van der Waals surface area contributed by atoms with Crippen molar-refractivity contribution in [2.24, 2.45) is 0 Å². The minimum atomic E-state index is -0.424. The molecule has 0 aromatic carbocycles. The number of urea groups is 1. The van der Waals surface area contributed by atoms with Crippen molar-refractivity contribution in [3.05, 3.63) is 0 Å². The van der Waals surface area contributed by atoms with Crippen molar-refractivity contribution in [2.45, 2.75) is 32.9 Å². The van der Waals surface area contributed by atoms with Crippen molar-refractivity contribution < 1.29 is 9.59 Å². The van der Waals surface area contributed by atoms with E-state index in [-0.39, 0.29) is 11.9 Å². The third kappa shape index (κ3) is 4.32. The topological polar surface area (TPSA) is 73.5 Å². The van der Waals surface area contributed by atoms with Gasteiger partial charge < -0.3 is 10.6 Å². The predicted octanol–water partition coefficient (Wildman–Crippen LogP) is -0.486. The molecule has 98 valence electrons. The van der Waals surface area contributed by atoms with Gasteiger partial charge in [-0.3, -0.25) is 15.0 Å². The highest BCUT2D eigenvalue weighted by atomic mass is 16.2. The van der Waals surface area contributed by atoms with E-state index in [1.807, 2.05) is 13.8 Å². The van der Waals surface area contributed by atoms with Crippen LogP contribution in [-0.4, -0.2) is 55.1 Å². The first-order valence-corrected chi connectivity index (χ1v) is 6.10. The van der Waals surface area contributed by atoms with E-state index < -0.39 is 6.03 Å². The van der Waals surface area contributed by atoms with Crippen LogP contribution < -0.4 is 16.0 Å². The lowest BCUT2D eigenvalue weighted by Gasteiger charge is -2.35. The molecule has 6 nitrogen and oxygen atoms in total. The Morgan fingerprint density at radius 1 is 1.53 bits per heavy atom. The Morgan fingerprint density at radius 3 is 2.82 bits per heavy atom. The van der Waals surface area contributed by atoms with E-state index in [2.05, 4.69) is 27.8 Å². The molecule has 1 heterocycles. The first kappa shape index (κ1) is 13.9. The third-order valence-corrected chi connectivity index (χ3v) is 2.90. The standard InChI is InChI=1S/C11H22N4O2/c1-4-12-11(17)14-10(16)9(3)15-6-5-13-8(2)7-15/h8-9,13H,4-7H2,1-3H3,(H2,12,14,16,17). The Morgan fingerprint density at radius 2 is 2.24 bits per heavy atom. The average molecular weight is 242 g/mol. The van der Waals surface area contributed by atoms with Crippen LogP contribution in [0.25, 0.3) is 0 Å². The molecule has 0 aromatic rings. The molecule has 3 amide bonds. The largest absolute Gasteiger partial charge is 0.338 e. The number of rotatable bonds is 3. The van der Waals surface area contributed by atoms with Gasteiger partial charge >= 0.3 is 6.03 Å². The number of piperazine rings is 1. The number of amides is 3. The van der Waals surface area contributed by atoms with Crippen LogP contribution in [0.5, 0.6) is 0 Å². The van der Waals surface area contributed by atoms with E-state index in [1.165, 1.54) is 0 Å². The summed E-state index contributed by atoms with van der Waals surface area (Å²) in [5.74, 6) is -0.245. The van der Waals surface area contributed by atoms with E-state index in [0.717, 1.165) is 19.6 Å². The summed E-state index contributed by atoms with van der Waals surface area (Å²) in [5, 5.41) is 8.20. The summed E-state index contributed by atoms with van der Waals surface area (Å²) in [6, 6.07) is -0.321. The van der Waals surface area contributed by atoms with Crippen LogP contribution in [0.2, 0.25) is 0 Å². The molecule has 0 saturated carbocycles. The van der Waals surface area contributed by atoms with E-state index in [4.69, 9.17) is 0 Å². The maximum Gasteiger partial charge on any atom is 0.321 e. The highest BCUT2D eigenvalue weighted by molar-refractivity contribution is 5.96. The quantitative estimate of drug-likeness (QED) is 0.624. The van der Waals surface area contributed by atoms with Gasteiger partial charge in [-0.05, 0) is 20.8 Å². The number of carbonyl (C=O) groups is 2. The number of hydrogen-bond donors (Lipinski definition) is 3. The molecule has 17 heavy (non-hydrogen) atoms. The monoisotopic (exact) mass is 242 g/mol. The molecule has 1 rings (SSSR count). The highest BCUT2D eigenvalue weighted by Gasteiger charge is 2.26. The van der Waals surface area contributed by atoms with Crippen molar-refractivity contribution in [2.75, 3.05) is 26.2 Å². The molecule has 0 aliphatic carbocycles. The smallest absolute Gasteiger partial charge is 0.321 e. The lowest BCUT2D eigenvalue weighted by atomic mass is 10.1. The predicted molar refractivity (Wildman–Crippen MR) is 65.7 cm³/mol. The van der Waals surface area contributed by atoms with Gasteiger partial charge in [-0.25, -0.2) is 4.79 Å². The van der Waals surface area contributed by atoms with Crippen LogP contribution in [-0.2, 0) is 4.79 Å². The summed E-state index contributed by atoms with van der Waals surface area (Å²) in [7, 11) is 0. The third-order valence-electron chi connectivity index (χ3n) is 2.90. The molecular weight excluding hydrogens is 220 g/mol. The molecule has 0 spiro atoms. The SMILES string of the molecule is CCNC(=O)NC(=O)C(C)N1CCNC(C)C1. The number of nitrogens with zero attached hydrogens (tertiary/aromatic N) is 1. The Balaban J connectivity index is 2.42. The van der Waals surface area contributed by atoms with Crippen LogP contribution >= 0.6 is 0 Å². The number of carbonyl (C=O) groups excluding carboxylic acids is 2. The van der Waals surface area contributed by atoms with E-state index >= 15 is 0 Å². The number of imide groups is 1.